The zero-order valence-electron chi connectivity index (χ0n) is 21.6. The number of hydrogen-bond acceptors (Lipinski definition) is 4. The van der Waals surface area contributed by atoms with E-state index in [0.717, 1.165) is 53.7 Å². The third-order valence-corrected chi connectivity index (χ3v) is 7.88. The van der Waals surface area contributed by atoms with Crippen LogP contribution in [0.2, 0.25) is 5.02 Å². The molecule has 0 unspecified atom stereocenters. The van der Waals surface area contributed by atoms with Gasteiger partial charge in [0.1, 0.15) is 0 Å². The van der Waals surface area contributed by atoms with Crippen molar-refractivity contribution < 1.29 is 4.79 Å². The Kier molecular flexibility index (Phi) is 6.79. The van der Waals surface area contributed by atoms with Crippen LogP contribution in [0.4, 0.5) is 0 Å². The Bertz CT molecular complexity index is 1680. The highest BCUT2D eigenvalue weighted by Crippen LogP contribution is 2.28. The summed E-state index contributed by atoms with van der Waals surface area (Å²) in [6, 6.07) is 17.6. The number of imidazole rings is 2. The van der Waals surface area contributed by atoms with Crippen LogP contribution in [0.1, 0.15) is 41.7 Å². The number of para-hydroxylation sites is 2. The van der Waals surface area contributed by atoms with Gasteiger partial charge in [0.25, 0.3) is 5.91 Å². The molecule has 39 heavy (non-hydrogen) atoms. The lowest BCUT2D eigenvalue weighted by Crippen LogP contribution is -2.39. The zero-order valence-corrected chi connectivity index (χ0v) is 22.4. The molecule has 1 saturated carbocycles. The molecule has 0 atom stereocenters. The molecular weight excluding hydrogens is 512 g/mol. The normalized spacial score (nSPS) is 17.4. The average molecular weight is 541 g/mol. The highest BCUT2D eigenvalue weighted by molar-refractivity contribution is 6.30. The van der Waals surface area contributed by atoms with Crippen molar-refractivity contribution in [2.75, 3.05) is 0 Å². The number of nitrogens with one attached hydrogen (secondary N) is 2. The molecule has 9 heteroatoms. The van der Waals surface area contributed by atoms with Gasteiger partial charge >= 0.3 is 5.69 Å². The van der Waals surface area contributed by atoms with E-state index in [1.807, 2.05) is 66.2 Å². The van der Waals surface area contributed by atoms with E-state index in [2.05, 4.69) is 20.3 Å². The van der Waals surface area contributed by atoms with Crippen LogP contribution >= 0.6 is 11.6 Å². The van der Waals surface area contributed by atoms with Gasteiger partial charge in [0.05, 0.1) is 45.0 Å². The predicted octanol–water partition coefficient (Wildman–Crippen LogP) is 5.53. The number of amides is 1. The summed E-state index contributed by atoms with van der Waals surface area (Å²) >= 11 is 6.05. The maximum atomic E-state index is 13.7. The second-order valence-corrected chi connectivity index (χ2v) is 10.6. The number of halogens is 1. The van der Waals surface area contributed by atoms with Gasteiger partial charge in [-0.3, -0.25) is 18.9 Å². The van der Waals surface area contributed by atoms with Crippen LogP contribution in [0.5, 0.6) is 0 Å². The molecule has 3 aromatic heterocycles. The molecule has 198 valence electrons. The fraction of sp³-hybridized carbons (Fsp3) is 0.267. The first-order valence-corrected chi connectivity index (χ1v) is 13.6. The van der Waals surface area contributed by atoms with Gasteiger partial charge in [-0.1, -0.05) is 35.9 Å². The molecular formula is C30H29ClN6O2. The molecule has 0 bridgehead atoms. The third-order valence-electron chi connectivity index (χ3n) is 7.68. The second kappa shape index (κ2) is 10.5. The summed E-state index contributed by atoms with van der Waals surface area (Å²) in [5.74, 6) is 0.218. The fourth-order valence-corrected chi connectivity index (χ4v) is 5.74. The molecule has 5 aromatic rings. The summed E-state index contributed by atoms with van der Waals surface area (Å²) < 4.78 is 3.69. The van der Waals surface area contributed by atoms with Gasteiger partial charge in [-0.25, -0.2) is 9.78 Å². The van der Waals surface area contributed by atoms with E-state index in [9.17, 15) is 9.59 Å². The number of carbonyl (C=O) groups excluding carboxylic acids is 1. The van der Waals surface area contributed by atoms with Crippen LogP contribution in [0.3, 0.4) is 0 Å². The van der Waals surface area contributed by atoms with Gasteiger partial charge in [0, 0.05) is 30.5 Å². The number of aromatic amines is 1. The van der Waals surface area contributed by atoms with E-state index in [-0.39, 0.29) is 17.6 Å². The Balaban J connectivity index is 1.18. The maximum Gasteiger partial charge on any atom is 0.333 e. The van der Waals surface area contributed by atoms with Crippen molar-refractivity contribution in [2.45, 2.75) is 45.2 Å². The minimum Gasteiger partial charge on any atom is -0.351 e. The number of pyridine rings is 1. The fourth-order valence-electron chi connectivity index (χ4n) is 5.58. The number of fused-ring (bicyclic) bond motifs is 1. The number of benzene rings is 2. The molecule has 0 aliphatic heterocycles. The topological polar surface area (TPSA) is 97.6 Å². The molecule has 0 radical (unpaired) electrons. The van der Waals surface area contributed by atoms with Crippen LogP contribution in [0.25, 0.3) is 28.0 Å². The van der Waals surface area contributed by atoms with Crippen molar-refractivity contribution in [3.8, 4) is 16.9 Å². The lowest BCUT2D eigenvalue weighted by atomic mass is 9.85. The summed E-state index contributed by atoms with van der Waals surface area (Å²) in [6.45, 7) is 2.46. The summed E-state index contributed by atoms with van der Waals surface area (Å²) in [5.41, 5.74) is 5.64. The van der Waals surface area contributed by atoms with E-state index >= 15 is 0 Å². The number of rotatable bonds is 6. The highest BCUT2D eigenvalue weighted by atomic mass is 35.5. The lowest BCUT2D eigenvalue weighted by molar-refractivity contribution is 0.0919. The van der Waals surface area contributed by atoms with Crippen LogP contribution in [0.15, 0.2) is 78.1 Å². The van der Waals surface area contributed by atoms with E-state index in [0.29, 0.717) is 28.7 Å². The predicted molar refractivity (Wildman–Crippen MR) is 152 cm³/mol. The second-order valence-electron chi connectivity index (χ2n) is 10.2. The number of carbonyl (C=O) groups is 1. The summed E-state index contributed by atoms with van der Waals surface area (Å²) in [7, 11) is 0. The number of hydrogen-bond donors (Lipinski definition) is 2. The van der Waals surface area contributed by atoms with Gasteiger partial charge < -0.3 is 10.3 Å². The average Bonchev–Trinajstić information content (AvgIpc) is 3.58. The Morgan fingerprint density at radius 2 is 1.79 bits per heavy atom. The van der Waals surface area contributed by atoms with Crippen LogP contribution in [-0.4, -0.2) is 36.0 Å². The summed E-state index contributed by atoms with van der Waals surface area (Å²) in [6.07, 6.45) is 8.65. The standard InChI is InChI=1S/C30H29ClN6O2/c1-19-25(14-22(31)15-33-19)29(38)35-23-10-6-20(7-11-23)17-36-27-4-2-3-5-28(27)37(30(36)39)24-12-8-21(9-13-24)26-16-32-18-34-26/h2-5,8-9,12-16,18,20,23H,6-7,10-11,17H2,1H3,(H,32,34)(H,35,38)/t20-,23-. The molecule has 0 spiro atoms. The van der Waals surface area contributed by atoms with Gasteiger partial charge in [0.2, 0.25) is 0 Å². The Morgan fingerprint density at radius 1 is 1.05 bits per heavy atom. The van der Waals surface area contributed by atoms with Crippen molar-refractivity contribution in [3.63, 3.8) is 0 Å². The Hall–Kier alpha value is -4.17. The van der Waals surface area contributed by atoms with Crippen LogP contribution in [0, 0.1) is 12.8 Å². The number of nitrogens with zero attached hydrogens (tertiary/aromatic N) is 4. The molecule has 0 saturated heterocycles. The van der Waals surface area contributed by atoms with Gasteiger partial charge in [-0.15, -0.1) is 0 Å². The van der Waals surface area contributed by atoms with Crippen LogP contribution in [-0.2, 0) is 6.54 Å². The third kappa shape index (κ3) is 5.00. The highest BCUT2D eigenvalue weighted by Gasteiger charge is 2.25. The summed E-state index contributed by atoms with van der Waals surface area (Å²) in [5, 5.41) is 3.60. The molecule has 1 aliphatic carbocycles. The van der Waals surface area contributed by atoms with Crippen molar-refractivity contribution >= 4 is 28.5 Å². The largest absolute Gasteiger partial charge is 0.351 e. The molecule has 1 aliphatic rings. The minimum absolute atomic E-state index is 0.0388. The monoisotopic (exact) mass is 540 g/mol. The van der Waals surface area contributed by atoms with Gasteiger partial charge in [-0.05, 0) is 68.9 Å². The van der Waals surface area contributed by atoms with E-state index < -0.39 is 0 Å². The number of aryl methyl sites for hydroxylation is 1. The first kappa shape index (κ1) is 25.1. The summed E-state index contributed by atoms with van der Waals surface area (Å²) in [4.78, 5) is 38.0. The smallest absolute Gasteiger partial charge is 0.333 e. The molecule has 2 aromatic carbocycles. The first-order chi connectivity index (χ1) is 19.0. The molecule has 1 amide bonds. The van der Waals surface area contributed by atoms with Gasteiger partial charge in [-0.2, -0.15) is 0 Å². The van der Waals surface area contributed by atoms with Gasteiger partial charge in [0.15, 0.2) is 0 Å². The quantitative estimate of drug-likeness (QED) is 0.296. The molecule has 8 nitrogen and oxygen atoms in total. The molecule has 2 N–H and O–H groups in total. The first-order valence-electron chi connectivity index (χ1n) is 13.2. The van der Waals surface area contributed by atoms with Crippen molar-refractivity contribution in [1.82, 2.24) is 29.4 Å². The zero-order chi connectivity index (χ0) is 26.9. The van der Waals surface area contributed by atoms with Crippen molar-refractivity contribution in [1.29, 1.82) is 0 Å². The Labute approximate surface area is 230 Å². The van der Waals surface area contributed by atoms with Crippen molar-refractivity contribution in [2.24, 2.45) is 5.92 Å². The van der Waals surface area contributed by atoms with E-state index in [1.165, 1.54) is 0 Å². The van der Waals surface area contributed by atoms with Crippen molar-refractivity contribution in [3.05, 3.63) is 100 Å². The maximum absolute atomic E-state index is 13.7. The van der Waals surface area contributed by atoms with E-state index in [4.69, 9.17) is 11.6 Å². The number of aromatic nitrogens is 5. The Morgan fingerprint density at radius 3 is 2.51 bits per heavy atom. The lowest BCUT2D eigenvalue weighted by Gasteiger charge is -2.29. The molecule has 6 rings (SSSR count). The SMILES string of the molecule is Cc1ncc(Cl)cc1C(=O)N[C@H]1CC[C@H](Cn2c(=O)n(-c3ccc(-c4c[nH]cn4)cc3)c3ccccc32)CC1. The number of H-pyrrole nitrogens is 1. The molecule has 1 fully saturated rings. The van der Waals surface area contributed by atoms with Crippen LogP contribution < -0.4 is 11.0 Å². The minimum atomic E-state index is -0.136. The van der Waals surface area contributed by atoms with E-state index in [1.54, 1.807) is 23.2 Å². The molecule has 3 heterocycles.